The van der Waals surface area contributed by atoms with Gasteiger partial charge < -0.3 is 22.5 Å². The number of nitrogens with one attached hydrogen (secondary N) is 1. The monoisotopic (exact) mass is 319 g/mol. The molecule has 12 nitrogen and oxygen atoms in total. The van der Waals surface area contributed by atoms with Crippen LogP contribution in [0.25, 0.3) is 0 Å². The Labute approximate surface area is 129 Å². The van der Waals surface area contributed by atoms with Gasteiger partial charge in [0.2, 0.25) is 5.95 Å². The fraction of sp³-hybridized carbons (Fsp3) is 0.182. The van der Waals surface area contributed by atoms with Gasteiger partial charge in [0.25, 0.3) is 5.69 Å². The van der Waals surface area contributed by atoms with E-state index >= 15 is 0 Å². The highest BCUT2D eigenvalue weighted by Gasteiger charge is 2.14. The predicted molar refractivity (Wildman–Crippen MR) is 82.6 cm³/mol. The summed E-state index contributed by atoms with van der Waals surface area (Å²) in [6.45, 7) is 0.164. The van der Waals surface area contributed by atoms with Crippen molar-refractivity contribution < 1.29 is 4.92 Å². The zero-order valence-electron chi connectivity index (χ0n) is 11.7. The van der Waals surface area contributed by atoms with Gasteiger partial charge in [0.1, 0.15) is 6.20 Å². The van der Waals surface area contributed by atoms with Gasteiger partial charge in [-0.2, -0.15) is 9.97 Å². The van der Waals surface area contributed by atoms with Crippen LogP contribution in [-0.4, -0.2) is 26.4 Å². The molecule has 1 unspecified atom stereocenters. The molecule has 23 heavy (non-hydrogen) atoms. The van der Waals surface area contributed by atoms with Crippen LogP contribution in [0.2, 0.25) is 0 Å². The van der Waals surface area contributed by atoms with Gasteiger partial charge in [-0.25, -0.2) is 0 Å². The Bertz CT molecular complexity index is 711. The molecule has 120 valence electrons. The maximum atomic E-state index is 10.6. The summed E-state index contributed by atoms with van der Waals surface area (Å²) in [6, 6.07) is 2.18. The molecular weight excluding hydrogens is 306 g/mol. The minimum absolute atomic E-state index is 0.0739. The number of hydrogen-bond acceptors (Lipinski definition) is 11. The number of nitrogen functional groups attached to an aromatic ring is 2. The highest BCUT2D eigenvalue weighted by atomic mass is 16.6. The molecule has 0 radical (unpaired) electrons. The van der Waals surface area contributed by atoms with E-state index in [0.29, 0.717) is 5.69 Å². The van der Waals surface area contributed by atoms with Gasteiger partial charge in [-0.15, -0.1) is 4.91 Å². The SMILES string of the molecule is Nc1nc(NCC(N)c2ccc([N+](=O)[O-])cn2)nc(N)c1N=O. The lowest BCUT2D eigenvalue weighted by molar-refractivity contribution is -0.385. The van der Waals surface area contributed by atoms with E-state index in [9.17, 15) is 15.0 Å². The molecule has 2 heterocycles. The van der Waals surface area contributed by atoms with Crippen molar-refractivity contribution >= 4 is 29.0 Å². The first-order chi connectivity index (χ1) is 10.9. The summed E-state index contributed by atoms with van der Waals surface area (Å²) in [5.74, 6) is -0.237. The highest BCUT2D eigenvalue weighted by molar-refractivity contribution is 5.71. The number of rotatable bonds is 6. The first-order valence-electron chi connectivity index (χ1n) is 6.28. The Morgan fingerprint density at radius 1 is 1.30 bits per heavy atom. The molecule has 0 bridgehead atoms. The van der Waals surface area contributed by atoms with E-state index in [-0.39, 0.29) is 35.5 Å². The molecule has 0 aliphatic heterocycles. The van der Waals surface area contributed by atoms with Crippen molar-refractivity contribution in [3.05, 3.63) is 39.0 Å². The molecule has 7 N–H and O–H groups in total. The van der Waals surface area contributed by atoms with Gasteiger partial charge in [-0.05, 0) is 11.2 Å². The lowest BCUT2D eigenvalue weighted by atomic mass is 10.2. The van der Waals surface area contributed by atoms with Crippen LogP contribution in [0.3, 0.4) is 0 Å². The van der Waals surface area contributed by atoms with Crippen molar-refractivity contribution in [2.45, 2.75) is 6.04 Å². The third-order valence-corrected chi connectivity index (χ3v) is 2.87. The third-order valence-electron chi connectivity index (χ3n) is 2.87. The van der Waals surface area contributed by atoms with Crippen LogP contribution in [0.4, 0.5) is 29.0 Å². The Kier molecular flexibility index (Phi) is 4.56. The van der Waals surface area contributed by atoms with Gasteiger partial charge in [-0.1, -0.05) is 0 Å². The van der Waals surface area contributed by atoms with Crippen LogP contribution in [0, 0.1) is 15.0 Å². The molecule has 0 aliphatic rings. The number of nitro groups is 1. The predicted octanol–water partition coefficient (Wildman–Crippen LogP) is 0.454. The maximum absolute atomic E-state index is 10.6. The topological polar surface area (TPSA) is 201 Å². The minimum Gasteiger partial charge on any atom is -0.382 e. The van der Waals surface area contributed by atoms with Crippen molar-refractivity contribution in [2.75, 3.05) is 23.3 Å². The Balaban J connectivity index is 2.05. The molecule has 0 spiro atoms. The second kappa shape index (κ2) is 6.57. The van der Waals surface area contributed by atoms with E-state index in [1.807, 2.05) is 0 Å². The van der Waals surface area contributed by atoms with Crippen LogP contribution in [0.15, 0.2) is 23.5 Å². The summed E-state index contributed by atoms with van der Waals surface area (Å²) in [5, 5.41) is 16.0. The number of nitrogens with zero attached hydrogens (tertiary/aromatic N) is 5. The maximum Gasteiger partial charge on any atom is 0.287 e. The van der Waals surface area contributed by atoms with Crippen LogP contribution in [0.5, 0.6) is 0 Å². The van der Waals surface area contributed by atoms with Gasteiger partial charge >= 0.3 is 0 Å². The fourth-order valence-electron chi connectivity index (χ4n) is 1.69. The van der Waals surface area contributed by atoms with E-state index in [1.54, 1.807) is 0 Å². The Morgan fingerprint density at radius 2 is 1.96 bits per heavy atom. The zero-order valence-corrected chi connectivity index (χ0v) is 11.7. The number of hydrogen-bond donors (Lipinski definition) is 4. The second-order valence-corrected chi connectivity index (χ2v) is 4.44. The van der Waals surface area contributed by atoms with E-state index < -0.39 is 11.0 Å². The van der Waals surface area contributed by atoms with Crippen LogP contribution in [-0.2, 0) is 0 Å². The molecule has 0 fully saturated rings. The number of nitrogens with two attached hydrogens (primary N) is 3. The van der Waals surface area contributed by atoms with E-state index in [0.717, 1.165) is 6.20 Å². The summed E-state index contributed by atoms with van der Waals surface area (Å²) in [7, 11) is 0. The summed E-state index contributed by atoms with van der Waals surface area (Å²) >= 11 is 0. The summed E-state index contributed by atoms with van der Waals surface area (Å²) < 4.78 is 0. The van der Waals surface area contributed by atoms with Crippen molar-refractivity contribution in [3.8, 4) is 0 Å². The van der Waals surface area contributed by atoms with Crippen molar-refractivity contribution in [1.82, 2.24) is 15.0 Å². The Morgan fingerprint density at radius 3 is 2.43 bits per heavy atom. The van der Waals surface area contributed by atoms with E-state index in [2.05, 4.69) is 25.4 Å². The highest BCUT2D eigenvalue weighted by Crippen LogP contribution is 2.26. The summed E-state index contributed by atoms with van der Waals surface area (Å²) in [4.78, 5) is 32.1. The smallest absolute Gasteiger partial charge is 0.287 e. The first-order valence-corrected chi connectivity index (χ1v) is 6.28. The van der Waals surface area contributed by atoms with Crippen molar-refractivity contribution in [3.63, 3.8) is 0 Å². The van der Waals surface area contributed by atoms with E-state index in [1.165, 1.54) is 12.1 Å². The average molecular weight is 319 g/mol. The summed E-state index contributed by atoms with van der Waals surface area (Å²) in [6.07, 6.45) is 1.12. The summed E-state index contributed by atoms with van der Waals surface area (Å²) in [5.41, 5.74) is 17.1. The zero-order chi connectivity index (χ0) is 17.0. The van der Waals surface area contributed by atoms with Crippen molar-refractivity contribution in [2.24, 2.45) is 10.9 Å². The number of anilines is 3. The molecule has 0 saturated heterocycles. The second-order valence-electron chi connectivity index (χ2n) is 4.44. The van der Waals surface area contributed by atoms with Crippen LogP contribution < -0.4 is 22.5 Å². The average Bonchev–Trinajstić information content (AvgIpc) is 2.52. The first kappa shape index (κ1) is 16.0. The molecule has 0 aromatic carbocycles. The van der Waals surface area contributed by atoms with Crippen LogP contribution >= 0.6 is 0 Å². The van der Waals surface area contributed by atoms with Crippen molar-refractivity contribution in [1.29, 1.82) is 0 Å². The van der Waals surface area contributed by atoms with E-state index in [4.69, 9.17) is 17.2 Å². The molecular formula is C11H13N9O3. The molecule has 12 heteroatoms. The van der Waals surface area contributed by atoms with Gasteiger partial charge in [-0.3, -0.25) is 15.1 Å². The third kappa shape index (κ3) is 3.62. The van der Waals surface area contributed by atoms with Crippen LogP contribution in [0.1, 0.15) is 11.7 Å². The molecule has 2 aromatic rings. The number of aromatic nitrogens is 3. The largest absolute Gasteiger partial charge is 0.382 e. The lowest BCUT2D eigenvalue weighted by Gasteiger charge is -2.12. The van der Waals surface area contributed by atoms with Gasteiger partial charge in [0, 0.05) is 12.6 Å². The lowest BCUT2D eigenvalue weighted by Crippen LogP contribution is -2.22. The van der Waals surface area contributed by atoms with Gasteiger partial charge in [0.15, 0.2) is 17.3 Å². The fourth-order valence-corrected chi connectivity index (χ4v) is 1.69. The minimum atomic E-state index is -0.578. The Hall–Kier alpha value is -3.41. The number of pyridine rings is 1. The molecule has 0 aliphatic carbocycles. The standard InChI is InChI=1S/C11H13N9O3/c12-6(7-2-1-5(3-15-7)20(22)23)4-16-11-17-9(13)8(19-21)10(14)18-11/h1-3,6H,4,12H2,(H5,13,14,16,17,18). The normalized spacial score (nSPS) is 11.7. The number of nitroso groups, excluding NO2 is 1. The molecule has 0 amide bonds. The van der Waals surface area contributed by atoms with Gasteiger partial charge in [0.05, 0.1) is 16.7 Å². The molecule has 0 saturated carbocycles. The quantitative estimate of drug-likeness (QED) is 0.329. The molecule has 2 aromatic heterocycles. The molecule has 2 rings (SSSR count). The molecule has 1 atom stereocenters.